The third-order valence-electron chi connectivity index (χ3n) is 2.80. The number of halogens is 2. The van der Waals surface area contributed by atoms with Crippen LogP contribution >= 0.6 is 11.6 Å². The first-order valence-electron chi connectivity index (χ1n) is 5.70. The molecule has 1 aromatic carbocycles. The van der Waals surface area contributed by atoms with Crippen LogP contribution in [0.2, 0.25) is 5.15 Å². The molecule has 1 aromatic heterocycles. The van der Waals surface area contributed by atoms with Gasteiger partial charge in [0, 0.05) is 5.56 Å². The molecule has 0 aliphatic rings. The van der Waals surface area contributed by atoms with Gasteiger partial charge in [-0.25, -0.2) is 14.4 Å². The normalized spacial score (nSPS) is 10.6. The molecule has 0 spiro atoms. The third-order valence-corrected chi connectivity index (χ3v) is 3.09. The first-order valence-corrected chi connectivity index (χ1v) is 6.08. The Kier molecular flexibility index (Phi) is 3.62. The van der Waals surface area contributed by atoms with Gasteiger partial charge in [0.25, 0.3) is 0 Å². The van der Waals surface area contributed by atoms with Crippen LogP contribution in [0.4, 0.5) is 4.39 Å². The van der Waals surface area contributed by atoms with Gasteiger partial charge in [-0.3, -0.25) is 4.79 Å². The van der Waals surface area contributed by atoms with Crippen LogP contribution in [-0.4, -0.2) is 16.3 Å². The van der Waals surface area contributed by atoms with Crippen LogP contribution in [0, 0.1) is 26.6 Å². The highest BCUT2D eigenvalue weighted by atomic mass is 35.5. The Morgan fingerprint density at radius 3 is 2.47 bits per heavy atom. The van der Waals surface area contributed by atoms with Gasteiger partial charge in [0.15, 0.2) is 6.29 Å². The van der Waals surface area contributed by atoms with Crippen molar-refractivity contribution in [3.63, 3.8) is 0 Å². The Hall–Kier alpha value is -1.81. The van der Waals surface area contributed by atoms with E-state index in [0.717, 1.165) is 5.56 Å². The molecule has 0 fully saturated rings. The highest BCUT2D eigenvalue weighted by Crippen LogP contribution is 2.30. The van der Waals surface area contributed by atoms with E-state index >= 15 is 0 Å². The zero-order chi connectivity index (χ0) is 14.2. The van der Waals surface area contributed by atoms with Gasteiger partial charge in [0.1, 0.15) is 16.8 Å². The van der Waals surface area contributed by atoms with E-state index < -0.39 is 5.82 Å². The summed E-state index contributed by atoms with van der Waals surface area (Å²) in [6, 6.07) is 3.24. The maximum Gasteiger partial charge on any atom is 0.155 e. The van der Waals surface area contributed by atoms with E-state index in [9.17, 15) is 9.18 Å². The molecule has 0 radical (unpaired) electrons. The van der Waals surface area contributed by atoms with Crippen molar-refractivity contribution in [2.45, 2.75) is 20.8 Å². The Balaban J connectivity index is 2.82. The van der Waals surface area contributed by atoms with Crippen molar-refractivity contribution in [1.29, 1.82) is 0 Å². The van der Waals surface area contributed by atoms with E-state index in [1.54, 1.807) is 20.8 Å². The molecule has 0 aliphatic heterocycles. The van der Waals surface area contributed by atoms with Crippen LogP contribution in [-0.2, 0) is 0 Å². The van der Waals surface area contributed by atoms with E-state index in [0.29, 0.717) is 23.2 Å². The minimum Gasteiger partial charge on any atom is -0.298 e. The number of rotatable bonds is 2. The fourth-order valence-corrected chi connectivity index (χ4v) is 2.31. The molecule has 0 saturated carbocycles. The molecule has 0 saturated heterocycles. The number of hydrogen-bond acceptors (Lipinski definition) is 3. The van der Waals surface area contributed by atoms with Crippen LogP contribution in [0.1, 0.15) is 27.3 Å². The maximum atomic E-state index is 14.2. The van der Waals surface area contributed by atoms with E-state index in [2.05, 4.69) is 9.97 Å². The van der Waals surface area contributed by atoms with E-state index in [-0.39, 0.29) is 16.4 Å². The fourth-order valence-electron chi connectivity index (χ4n) is 2.06. The Bertz CT molecular complexity index is 648. The largest absolute Gasteiger partial charge is 0.298 e. The quantitative estimate of drug-likeness (QED) is 0.622. The summed E-state index contributed by atoms with van der Waals surface area (Å²) >= 11 is 5.92. The highest BCUT2D eigenvalue weighted by Gasteiger charge is 2.18. The topological polar surface area (TPSA) is 42.9 Å². The lowest BCUT2D eigenvalue weighted by molar-refractivity contribution is 0.112. The lowest BCUT2D eigenvalue weighted by atomic mass is 9.99. The van der Waals surface area contributed by atoms with E-state index in [4.69, 9.17) is 11.6 Å². The minimum atomic E-state index is -0.422. The average molecular weight is 279 g/mol. The van der Waals surface area contributed by atoms with Gasteiger partial charge in [-0.05, 0) is 38.0 Å². The monoisotopic (exact) mass is 278 g/mol. The molecule has 0 bridgehead atoms. The number of aromatic nitrogens is 2. The molecular weight excluding hydrogens is 267 g/mol. The molecule has 5 heteroatoms. The van der Waals surface area contributed by atoms with Crippen molar-refractivity contribution in [1.82, 2.24) is 9.97 Å². The number of aryl methyl sites for hydroxylation is 3. The first kappa shape index (κ1) is 13.6. The first-order chi connectivity index (χ1) is 8.93. The van der Waals surface area contributed by atoms with E-state index in [1.807, 2.05) is 6.07 Å². The molecule has 2 rings (SSSR count). The summed E-state index contributed by atoms with van der Waals surface area (Å²) < 4.78 is 14.2. The van der Waals surface area contributed by atoms with Crippen molar-refractivity contribution in [2.24, 2.45) is 0 Å². The molecule has 0 aliphatic carbocycles. The predicted molar refractivity (Wildman–Crippen MR) is 72.0 cm³/mol. The van der Waals surface area contributed by atoms with Gasteiger partial charge in [0.05, 0.1) is 11.3 Å². The fraction of sp³-hybridized carbons (Fsp3) is 0.214. The molecular formula is C14H12ClFN2O. The van der Waals surface area contributed by atoms with Gasteiger partial charge >= 0.3 is 0 Å². The van der Waals surface area contributed by atoms with Gasteiger partial charge in [0.2, 0.25) is 0 Å². The second-order valence-corrected chi connectivity index (χ2v) is 4.74. The van der Waals surface area contributed by atoms with Crippen molar-refractivity contribution >= 4 is 17.9 Å². The number of nitrogens with zero attached hydrogens (tertiary/aromatic N) is 2. The molecule has 98 valence electrons. The molecule has 19 heavy (non-hydrogen) atoms. The summed E-state index contributed by atoms with van der Waals surface area (Å²) in [4.78, 5) is 19.2. The van der Waals surface area contributed by atoms with Crippen LogP contribution in [0.5, 0.6) is 0 Å². The SMILES string of the molecule is Cc1cc(C)c(-c2nc(C)nc(Cl)c2C=O)c(F)c1. The predicted octanol–water partition coefficient (Wildman–Crippen LogP) is 3.67. The number of hydrogen-bond donors (Lipinski definition) is 0. The summed E-state index contributed by atoms with van der Waals surface area (Å²) in [5, 5.41) is 0.0388. The second-order valence-electron chi connectivity index (χ2n) is 4.38. The third kappa shape index (κ3) is 2.49. The average Bonchev–Trinajstić information content (AvgIpc) is 2.26. The van der Waals surface area contributed by atoms with Crippen molar-refractivity contribution < 1.29 is 9.18 Å². The number of carbonyl (C=O) groups excluding carboxylic acids is 1. The summed E-state index contributed by atoms with van der Waals surface area (Å²) in [7, 11) is 0. The van der Waals surface area contributed by atoms with Crippen molar-refractivity contribution in [3.05, 3.63) is 45.6 Å². The minimum absolute atomic E-state index is 0.0388. The Morgan fingerprint density at radius 2 is 1.89 bits per heavy atom. The molecule has 0 amide bonds. The molecule has 0 N–H and O–H groups in total. The zero-order valence-corrected chi connectivity index (χ0v) is 11.5. The number of aldehydes is 1. The zero-order valence-electron chi connectivity index (χ0n) is 10.8. The summed E-state index contributed by atoms with van der Waals surface area (Å²) in [6.45, 7) is 5.22. The van der Waals surface area contributed by atoms with Gasteiger partial charge in [-0.1, -0.05) is 17.7 Å². The lowest BCUT2D eigenvalue weighted by Gasteiger charge is -2.11. The van der Waals surface area contributed by atoms with E-state index in [1.165, 1.54) is 6.07 Å². The van der Waals surface area contributed by atoms with Crippen molar-refractivity contribution in [2.75, 3.05) is 0 Å². The summed E-state index contributed by atoms with van der Waals surface area (Å²) in [6.07, 6.45) is 0.551. The van der Waals surface area contributed by atoms with Crippen LogP contribution in [0.25, 0.3) is 11.3 Å². The van der Waals surface area contributed by atoms with Gasteiger partial charge in [-0.2, -0.15) is 0 Å². The standard InChI is InChI=1S/C14H12ClFN2O/c1-7-4-8(2)12(11(16)5-7)13-10(6-19)14(15)18-9(3)17-13/h4-6H,1-3H3. The van der Waals surface area contributed by atoms with Gasteiger partial charge < -0.3 is 0 Å². The summed E-state index contributed by atoms with van der Waals surface area (Å²) in [5.74, 6) is -0.0280. The lowest BCUT2D eigenvalue weighted by Crippen LogP contribution is -2.02. The smallest absolute Gasteiger partial charge is 0.155 e. The molecule has 0 atom stereocenters. The van der Waals surface area contributed by atoms with Gasteiger partial charge in [-0.15, -0.1) is 0 Å². The Labute approximate surface area is 115 Å². The molecule has 2 aromatic rings. The Morgan fingerprint density at radius 1 is 1.21 bits per heavy atom. The number of benzene rings is 1. The van der Waals surface area contributed by atoms with Crippen LogP contribution in [0.15, 0.2) is 12.1 Å². The molecule has 0 unspecified atom stereocenters. The van der Waals surface area contributed by atoms with Crippen molar-refractivity contribution in [3.8, 4) is 11.3 Å². The second kappa shape index (κ2) is 5.05. The van der Waals surface area contributed by atoms with Crippen LogP contribution < -0.4 is 0 Å². The molecule has 1 heterocycles. The van der Waals surface area contributed by atoms with Crippen LogP contribution in [0.3, 0.4) is 0 Å². The summed E-state index contributed by atoms with van der Waals surface area (Å²) in [5.41, 5.74) is 2.15. The molecule has 3 nitrogen and oxygen atoms in total. The highest BCUT2D eigenvalue weighted by molar-refractivity contribution is 6.32. The maximum absolute atomic E-state index is 14.2. The number of carbonyl (C=O) groups is 1.